The predicted molar refractivity (Wildman–Crippen MR) is 63.4 cm³/mol. The predicted octanol–water partition coefficient (Wildman–Crippen LogP) is 1.93. The molecule has 0 aromatic heterocycles. The molecule has 0 aliphatic heterocycles. The quantitative estimate of drug-likeness (QED) is 0.680. The second-order valence-corrected chi connectivity index (χ2v) is 6.99. The zero-order chi connectivity index (χ0) is 11.3. The molecule has 0 aliphatic carbocycles. The fraction of sp³-hybridized carbons (Fsp3) is 0.200. The number of carbonyl (C=O) groups is 2. The number of halogens is 1. The molecule has 0 fully saturated rings. The van der Waals surface area contributed by atoms with Gasteiger partial charge in [0.2, 0.25) is 0 Å². The number of hydrogen-bond acceptors (Lipinski definition) is 3. The molecule has 0 radical (unpaired) electrons. The van der Waals surface area contributed by atoms with Gasteiger partial charge in [-0.3, -0.25) is 0 Å². The van der Waals surface area contributed by atoms with Gasteiger partial charge in [-0.25, -0.2) is 0 Å². The van der Waals surface area contributed by atoms with Crippen molar-refractivity contribution in [2.75, 3.05) is 4.43 Å². The van der Waals surface area contributed by atoms with Crippen LogP contribution in [-0.4, -0.2) is 21.5 Å². The van der Waals surface area contributed by atoms with Crippen molar-refractivity contribution in [3.8, 4) is 0 Å². The van der Waals surface area contributed by atoms with Crippen LogP contribution in [0.4, 0.5) is 0 Å². The summed E-state index contributed by atoms with van der Waals surface area (Å²) in [5.74, 6) is -1.34. The van der Waals surface area contributed by atoms with Crippen LogP contribution in [0, 0.1) is 3.57 Å². The molecule has 0 saturated carbocycles. The molecule has 0 unspecified atom stereocenters. The van der Waals surface area contributed by atoms with Gasteiger partial charge in [-0.05, 0) is 0 Å². The summed E-state index contributed by atoms with van der Waals surface area (Å²) >= 11 is -2.34. The van der Waals surface area contributed by atoms with Crippen molar-refractivity contribution >= 4 is 32.2 Å². The summed E-state index contributed by atoms with van der Waals surface area (Å²) < 4.78 is 5.87. The van der Waals surface area contributed by atoms with Crippen LogP contribution in [-0.2, 0) is 12.7 Å². The van der Waals surface area contributed by atoms with Gasteiger partial charge in [0.05, 0.1) is 0 Å². The van der Waals surface area contributed by atoms with Crippen molar-refractivity contribution in [1.82, 2.24) is 0 Å². The minimum atomic E-state index is -2.34. The third-order valence-corrected chi connectivity index (χ3v) is 6.02. The van der Waals surface area contributed by atoms with E-state index in [9.17, 15) is 9.59 Å². The van der Waals surface area contributed by atoms with E-state index in [1.165, 1.54) is 6.92 Å². The van der Waals surface area contributed by atoms with Gasteiger partial charge in [-0.2, -0.15) is 0 Å². The first-order valence-corrected chi connectivity index (χ1v) is 7.70. The number of aliphatic carboxylic acids is 1. The van der Waals surface area contributed by atoms with Gasteiger partial charge in [0, 0.05) is 0 Å². The van der Waals surface area contributed by atoms with Crippen LogP contribution in [0.2, 0.25) is 0 Å². The second kappa shape index (κ2) is 5.69. The number of carboxylic acids is 1. The van der Waals surface area contributed by atoms with E-state index in [4.69, 9.17) is 8.17 Å². The number of carbonyl (C=O) groups excluding carboxylic acids is 1. The van der Waals surface area contributed by atoms with Crippen molar-refractivity contribution in [3.63, 3.8) is 0 Å². The van der Waals surface area contributed by atoms with Crippen molar-refractivity contribution < 1.29 is 17.8 Å². The Morgan fingerprint density at radius 2 is 1.93 bits per heavy atom. The number of hydrogen-bond donors (Lipinski definition) is 1. The molecular weight excluding hydrogens is 311 g/mol. The average Bonchev–Trinajstić information content (AvgIpc) is 2.17. The number of rotatable bonds is 4. The molecule has 0 spiro atoms. The summed E-state index contributed by atoms with van der Waals surface area (Å²) in [7, 11) is 0. The number of carboxylic acid groups (broad SMARTS) is 1. The van der Waals surface area contributed by atoms with Gasteiger partial charge in [0.25, 0.3) is 0 Å². The van der Waals surface area contributed by atoms with E-state index in [0.29, 0.717) is 0 Å². The second-order valence-electron chi connectivity index (χ2n) is 2.71. The third kappa shape index (κ3) is 4.28. The maximum absolute atomic E-state index is 10.8. The van der Waals surface area contributed by atoms with Crippen LogP contribution in [0.5, 0.6) is 0 Å². The van der Waals surface area contributed by atoms with Crippen molar-refractivity contribution in [2.45, 2.75) is 6.92 Å². The molecule has 0 aliphatic rings. The summed E-state index contributed by atoms with van der Waals surface area (Å²) in [5, 5.41) is 8.71. The van der Waals surface area contributed by atoms with Gasteiger partial charge in [0.1, 0.15) is 0 Å². The Labute approximate surface area is 95.2 Å². The van der Waals surface area contributed by atoms with Crippen LogP contribution >= 0.6 is 20.2 Å². The molecule has 0 heterocycles. The molecule has 0 atom stereocenters. The number of benzene rings is 1. The van der Waals surface area contributed by atoms with E-state index in [1.807, 2.05) is 18.2 Å². The molecule has 1 rings (SSSR count). The first-order valence-electron chi connectivity index (χ1n) is 4.21. The van der Waals surface area contributed by atoms with Crippen LogP contribution in [0.3, 0.4) is 0 Å². The topological polar surface area (TPSA) is 63.6 Å². The SMILES string of the molecule is CC(=O)OI(CC(=O)O)c1ccccc1. The molecule has 1 N–H and O–H groups in total. The first-order chi connectivity index (χ1) is 7.09. The molecule has 1 aromatic rings. The molecule has 82 valence electrons. The monoisotopic (exact) mass is 322 g/mol. The standard InChI is InChI=1S/C10H11IO4/c1-8(12)15-11(7-10(13)14)9-5-3-2-4-6-9/h2-6H,7H2,1H3,(H,13,14). The van der Waals surface area contributed by atoms with Gasteiger partial charge in [-0.15, -0.1) is 0 Å². The van der Waals surface area contributed by atoms with Gasteiger partial charge >= 0.3 is 95.2 Å². The molecule has 0 saturated heterocycles. The van der Waals surface area contributed by atoms with E-state index in [2.05, 4.69) is 0 Å². The van der Waals surface area contributed by atoms with Gasteiger partial charge < -0.3 is 0 Å². The Balaban J connectivity index is 2.81. The Kier molecular flexibility index (Phi) is 4.54. The Bertz CT molecular complexity index is 334. The molecular formula is C10H11IO4. The van der Waals surface area contributed by atoms with E-state index in [1.54, 1.807) is 12.1 Å². The fourth-order valence-electron chi connectivity index (χ4n) is 0.939. The van der Waals surface area contributed by atoms with Crippen LogP contribution in [0.15, 0.2) is 30.3 Å². The minimum absolute atomic E-state index is 0.0620. The van der Waals surface area contributed by atoms with Crippen molar-refractivity contribution in [1.29, 1.82) is 0 Å². The molecule has 15 heavy (non-hydrogen) atoms. The van der Waals surface area contributed by atoms with E-state index in [0.717, 1.165) is 3.57 Å². The molecule has 1 aromatic carbocycles. The zero-order valence-corrected chi connectivity index (χ0v) is 10.3. The van der Waals surface area contributed by atoms with Crippen LogP contribution in [0.1, 0.15) is 6.92 Å². The Morgan fingerprint density at radius 3 is 2.40 bits per heavy atom. The summed E-state index contributed by atoms with van der Waals surface area (Å²) in [5.41, 5.74) is 0. The Hall–Kier alpha value is -1.11. The summed E-state index contributed by atoms with van der Waals surface area (Å²) in [6.45, 7) is 1.30. The van der Waals surface area contributed by atoms with Gasteiger partial charge in [-0.1, -0.05) is 0 Å². The normalized spacial score (nSPS) is 10.6. The first kappa shape index (κ1) is 12.0. The van der Waals surface area contributed by atoms with Gasteiger partial charge in [0.15, 0.2) is 0 Å². The summed E-state index contributed by atoms with van der Waals surface area (Å²) in [6, 6.07) is 9.07. The van der Waals surface area contributed by atoms with Crippen molar-refractivity contribution in [3.05, 3.63) is 33.9 Å². The van der Waals surface area contributed by atoms with E-state index in [-0.39, 0.29) is 4.43 Å². The van der Waals surface area contributed by atoms with E-state index < -0.39 is 32.2 Å². The van der Waals surface area contributed by atoms with Crippen molar-refractivity contribution in [2.24, 2.45) is 0 Å². The average molecular weight is 322 g/mol. The summed E-state index contributed by atoms with van der Waals surface area (Å²) in [6.07, 6.45) is 0. The van der Waals surface area contributed by atoms with Crippen LogP contribution < -0.4 is 0 Å². The molecule has 0 bridgehead atoms. The fourth-order valence-corrected chi connectivity index (χ4v) is 4.35. The van der Waals surface area contributed by atoms with Crippen LogP contribution in [0.25, 0.3) is 0 Å². The summed E-state index contributed by atoms with van der Waals surface area (Å²) in [4.78, 5) is 21.4. The molecule has 5 heteroatoms. The Morgan fingerprint density at radius 1 is 1.33 bits per heavy atom. The zero-order valence-electron chi connectivity index (χ0n) is 8.14. The third-order valence-electron chi connectivity index (χ3n) is 1.41. The van der Waals surface area contributed by atoms with E-state index >= 15 is 0 Å². The molecule has 4 nitrogen and oxygen atoms in total. The molecule has 0 amide bonds. The number of alkyl halides is 1. The maximum atomic E-state index is 10.8.